The van der Waals surface area contributed by atoms with Gasteiger partial charge in [-0.15, -0.1) is 0 Å². The van der Waals surface area contributed by atoms with Crippen molar-refractivity contribution in [3.63, 3.8) is 0 Å². The fraction of sp³-hybridized carbons (Fsp3) is 0.455. The number of rotatable bonds is 5. The lowest BCUT2D eigenvalue weighted by atomic mass is 10.1. The second kappa shape index (κ2) is 6.40. The smallest absolute Gasteiger partial charge is 0.207 e. The van der Waals surface area contributed by atoms with Crippen molar-refractivity contribution in [2.24, 2.45) is 0 Å². The summed E-state index contributed by atoms with van der Waals surface area (Å²) in [5, 5.41) is 0. The van der Waals surface area contributed by atoms with Crippen LogP contribution in [0, 0.1) is 10.5 Å². The summed E-state index contributed by atoms with van der Waals surface area (Å²) in [6, 6.07) is 5.78. The monoisotopic (exact) mass is 407 g/mol. The van der Waals surface area contributed by atoms with Crippen molar-refractivity contribution in [1.29, 1.82) is 0 Å². The van der Waals surface area contributed by atoms with E-state index in [2.05, 4.69) is 22.6 Å². The summed E-state index contributed by atoms with van der Waals surface area (Å²) in [4.78, 5) is 0. The van der Waals surface area contributed by atoms with Gasteiger partial charge in [-0.05, 0) is 54.0 Å². The maximum absolute atomic E-state index is 12.0. The minimum Gasteiger partial charge on any atom is -0.207 e. The zero-order valence-electron chi connectivity index (χ0n) is 10.1. The molecule has 0 fully saturated rings. The number of nitrogens with one attached hydrogen (secondary N) is 1. The largest absolute Gasteiger partial charge is 0.511 e. The van der Waals surface area contributed by atoms with E-state index in [0.29, 0.717) is 12.8 Å². The quantitative estimate of drug-likeness (QED) is 0.603. The van der Waals surface area contributed by atoms with Crippen LogP contribution < -0.4 is 4.72 Å². The molecule has 0 saturated heterocycles. The van der Waals surface area contributed by atoms with Gasteiger partial charge in [-0.1, -0.05) is 17.7 Å². The highest BCUT2D eigenvalue weighted by Gasteiger charge is 2.45. The van der Waals surface area contributed by atoms with Crippen molar-refractivity contribution in [3.8, 4) is 0 Å². The maximum Gasteiger partial charge on any atom is 0.511 e. The van der Waals surface area contributed by atoms with E-state index in [1.54, 1.807) is 4.72 Å². The molecular weight excluding hydrogens is 394 g/mol. The standard InChI is InChI=1S/C11H13F3INO2S/c1-8-4-5-9(10(15)7-8)3-2-6-16-19(17,18)11(12,13)14/h4-5,7,16H,2-3,6H2,1H3. The lowest BCUT2D eigenvalue weighted by Gasteiger charge is -2.10. The third-order valence-electron chi connectivity index (χ3n) is 2.43. The van der Waals surface area contributed by atoms with E-state index in [9.17, 15) is 21.6 Å². The first-order valence-electron chi connectivity index (χ1n) is 5.44. The minimum atomic E-state index is -5.24. The van der Waals surface area contributed by atoms with Gasteiger partial charge >= 0.3 is 15.5 Å². The lowest BCUT2D eigenvalue weighted by Crippen LogP contribution is -2.37. The van der Waals surface area contributed by atoms with Crippen LogP contribution in [0.3, 0.4) is 0 Å². The maximum atomic E-state index is 12.0. The molecule has 0 amide bonds. The Morgan fingerprint density at radius 1 is 1.32 bits per heavy atom. The summed E-state index contributed by atoms with van der Waals surface area (Å²) >= 11 is 2.15. The molecule has 0 bridgehead atoms. The Labute approximate surface area is 123 Å². The molecule has 8 heteroatoms. The highest BCUT2D eigenvalue weighted by atomic mass is 127. The Hall–Kier alpha value is -0.350. The molecule has 19 heavy (non-hydrogen) atoms. The first kappa shape index (κ1) is 16.7. The molecule has 0 aliphatic carbocycles. The van der Waals surface area contributed by atoms with Gasteiger partial charge in [0.1, 0.15) is 0 Å². The van der Waals surface area contributed by atoms with Crippen LogP contribution in [0.5, 0.6) is 0 Å². The second-order valence-corrected chi connectivity index (χ2v) is 6.96. The van der Waals surface area contributed by atoms with Crippen molar-refractivity contribution in [2.45, 2.75) is 25.3 Å². The molecular formula is C11H13F3INO2S. The number of alkyl halides is 3. The molecule has 0 saturated carbocycles. The molecule has 1 N–H and O–H groups in total. The first-order chi connectivity index (χ1) is 8.63. The van der Waals surface area contributed by atoms with Gasteiger partial charge in [0.25, 0.3) is 0 Å². The third kappa shape index (κ3) is 4.92. The molecule has 0 aromatic heterocycles. The van der Waals surface area contributed by atoms with Crippen molar-refractivity contribution >= 4 is 32.6 Å². The van der Waals surface area contributed by atoms with E-state index >= 15 is 0 Å². The highest BCUT2D eigenvalue weighted by molar-refractivity contribution is 14.1. The van der Waals surface area contributed by atoms with Gasteiger partial charge in [0.05, 0.1) is 0 Å². The number of halogens is 4. The molecule has 3 nitrogen and oxygen atoms in total. The van der Waals surface area contributed by atoms with Crippen LogP contribution in [-0.2, 0) is 16.4 Å². The van der Waals surface area contributed by atoms with Gasteiger partial charge in [-0.3, -0.25) is 0 Å². The first-order valence-corrected chi connectivity index (χ1v) is 8.00. The molecule has 1 aromatic rings. The molecule has 0 spiro atoms. The predicted octanol–water partition coefficient (Wildman–Crippen LogP) is 2.97. The Morgan fingerprint density at radius 3 is 2.47 bits per heavy atom. The number of sulfonamides is 1. The van der Waals surface area contributed by atoms with Gasteiger partial charge < -0.3 is 0 Å². The highest BCUT2D eigenvalue weighted by Crippen LogP contribution is 2.21. The van der Waals surface area contributed by atoms with E-state index in [1.807, 2.05) is 25.1 Å². The van der Waals surface area contributed by atoms with Gasteiger partial charge in [0.15, 0.2) is 0 Å². The molecule has 0 aliphatic heterocycles. The van der Waals surface area contributed by atoms with E-state index in [0.717, 1.165) is 14.7 Å². The average molecular weight is 407 g/mol. The molecule has 108 valence electrons. The molecule has 0 unspecified atom stereocenters. The minimum absolute atomic E-state index is 0.230. The average Bonchev–Trinajstić information content (AvgIpc) is 2.25. The molecule has 1 aromatic carbocycles. The van der Waals surface area contributed by atoms with Crippen LogP contribution in [0.25, 0.3) is 0 Å². The molecule has 0 atom stereocenters. The van der Waals surface area contributed by atoms with Crippen LogP contribution in [0.4, 0.5) is 13.2 Å². The van der Waals surface area contributed by atoms with Gasteiger partial charge in [0.2, 0.25) is 0 Å². The molecule has 1 rings (SSSR count). The lowest BCUT2D eigenvalue weighted by molar-refractivity contribution is -0.0447. The Kier molecular flexibility index (Phi) is 5.63. The van der Waals surface area contributed by atoms with E-state index in [4.69, 9.17) is 0 Å². The number of hydrogen-bond donors (Lipinski definition) is 1. The zero-order chi connectivity index (χ0) is 14.7. The summed E-state index contributed by atoms with van der Waals surface area (Å²) in [7, 11) is -5.22. The number of benzene rings is 1. The van der Waals surface area contributed by atoms with E-state index in [1.165, 1.54) is 0 Å². The van der Waals surface area contributed by atoms with Crippen LogP contribution in [0.2, 0.25) is 0 Å². The Balaban J connectivity index is 2.48. The molecule has 0 aliphatic rings. The summed E-state index contributed by atoms with van der Waals surface area (Å²) in [5.41, 5.74) is -3.14. The van der Waals surface area contributed by atoms with Crippen molar-refractivity contribution < 1.29 is 21.6 Å². The summed E-state index contributed by atoms with van der Waals surface area (Å²) in [6.07, 6.45) is 0.841. The second-order valence-electron chi connectivity index (χ2n) is 4.04. The summed E-state index contributed by atoms with van der Waals surface area (Å²) in [6.45, 7) is 1.72. The Bertz CT molecular complexity index is 543. The predicted molar refractivity (Wildman–Crippen MR) is 75.2 cm³/mol. The number of aryl methyl sites for hydroxylation is 2. The summed E-state index contributed by atoms with van der Waals surface area (Å²) in [5.74, 6) is 0. The van der Waals surface area contributed by atoms with Crippen molar-refractivity contribution in [3.05, 3.63) is 32.9 Å². The zero-order valence-corrected chi connectivity index (χ0v) is 13.1. The van der Waals surface area contributed by atoms with Crippen molar-refractivity contribution in [1.82, 2.24) is 4.72 Å². The van der Waals surface area contributed by atoms with Gasteiger partial charge in [-0.2, -0.15) is 13.2 Å². The van der Waals surface area contributed by atoms with Gasteiger partial charge in [0, 0.05) is 10.1 Å². The molecule has 0 heterocycles. The topological polar surface area (TPSA) is 46.2 Å². The fourth-order valence-corrected chi connectivity index (χ4v) is 2.94. The summed E-state index contributed by atoms with van der Waals surface area (Å²) < 4.78 is 60.2. The number of hydrogen-bond acceptors (Lipinski definition) is 2. The molecule has 0 radical (unpaired) electrons. The van der Waals surface area contributed by atoms with E-state index in [-0.39, 0.29) is 6.54 Å². The van der Waals surface area contributed by atoms with Crippen LogP contribution in [0.1, 0.15) is 17.5 Å². The fourth-order valence-electron chi connectivity index (χ4n) is 1.42. The van der Waals surface area contributed by atoms with Crippen LogP contribution in [0.15, 0.2) is 18.2 Å². The Morgan fingerprint density at radius 2 is 1.95 bits per heavy atom. The van der Waals surface area contributed by atoms with Gasteiger partial charge in [-0.25, -0.2) is 13.1 Å². The van der Waals surface area contributed by atoms with Crippen molar-refractivity contribution in [2.75, 3.05) is 6.54 Å². The van der Waals surface area contributed by atoms with Crippen LogP contribution >= 0.6 is 22.6 Å². The van der Waals surface area contributed by atoms with Crippen LogP contribution in [-0.4, -0.2) is 20.5 Å². The SMILES string of the molecule is Cc1ccc(CCCNS(=O)(=O)C(F)(F)F)c(I)c1. The normalized spacial score (nSPS) is 12.7. The third-order valence-corrected chi connectivity index (χ3v) is 4.63. The van der Waals surface area contributed by atoms with E-state index < -0.39 is 15.5 Å².